The molecule has 0 spiro atoms. The van der Waals surface area contributed by atoms with Crippen LogP contribution >= 0.6 is 0 Å². The average Bonchev–Trinajstić information content (AvgIpc) is 2.15. The van der Waals surface area contributed by atoms with Gasteiger partial charge < -0.3 is 16.0 Å². The van der Waals surface area contributed by atoms with Crippen LogP contribution in [0.25, 0.3) is 0 Å². The zero-order valence-electron chi connectivity index (χ0n) is 8.42. The maximum Gasteiger partial charge on any atom is 0.226 e. The SMILES string of the molecule is CC1CN(C(=O)C(C)CN)CCN1. The second kappa shape index (κ2) is 4.58. The predicted molar refractivity (Wildman–Crippen MR) is 52.3 cm³/mol. The first-order chi connectivity index (χ1) is 6.15. The highest BCUT2D eigenvalue weighted by Crippen LogP contribution is 2.04. The van der Waals surface area contributed by atoms with Crippen molar-refractivity contribution in [3.05, 3.63) is 0 Å². The summed E-state index contributed by atoms with van der Waals surface area (Å²) in [5, 5.41) is 3.30. The molecule has 1 amide bonds. The summed E-state index contributed by atoms with van der Waals surface area (Å²) in [5.74, 6) is 0.154. The Labute approximate surface area is 79.5 Å². The summed E-state index contributed by atoms with van der Waals surface area (Å²) in [6.45, 7) is 6.93. The second-order valence-corrected chi connectivity index (χ2v) is 3.78. The molecule has 1 aliphatic rings. The molecule has 0 saturated carbocycles. The van der Waals surface area contributed by atoms with E-state index in [1.165, 1.54) is 0 Å². The van der Waals surface area contributed by atoms with Crippen LogP contribution in [0.3, 0.4) is 0 Å². The first kappa shape index (κ1) is 10.5. The molecule has 0 radical (unpaired) electrons. The molecule has 2 atom stereocenters. The number of rotatable bonds is 2. The van der Waals surface area contributed by atoms with Crippen molar-refractivity contribution in [2.24, 2.45) is 11.7 Å². The summed E-state index contributed by atoms with van der Waals surface area (Å²) in [7, 11) is 0. The van der Waals surface area contributed by atoms with Gasteiger partial charge in [0, 0.05) is 38.1 Å². The fourth-order valence-corrected chi connectivity index (χ4v) is 1.54. The first-order valence-electron chi connectivity index (χ1n) is 4.87. The minimum atomic E-state index is -0.0368. The van der Waals surface area contributed by atoms with Gasteiger partial charge in [0.2, 0.25) is 5.91 Å². The van der Waals surface area contributed by atoms with Crippen LogP contribution in [0.15, 0.2) is 0 Å². The van der Waals surface area contributed by atoms with Crippen LogP contribution in [-0.4, -0.2) is 43.0 Å². The predicted octanol–water partition coefficient (Wildman–Crippen LogP) is -0.598. The quantitative estimate of drug-likeness (QED) is 0.604. The molecule has 4 nitrogen and oxygen atoms in total. The number of nitrogens with two attached hydrogens (primary N) is 1. The van der Waals surface area contributed by atoms with E-state index in [2.05, 4.69) is 12.2 Å². The van der Waals surface area contributed by atoms with Crippen LogP contribution in [-0.2, 0) is 4.79 Å². The summed E-state index contributed by atoms with van der Waals surface area (Å²) in [4.78, 5) is 13.6. The Hall–Kier alpha value is -0.610. The minimum absolute atomic E-state index is 0.0368. The lowest BCUT2D eigenvalue weighted by Crippen LogP contribution is -2.53. The van der Waals surface area contributed by atoms with Gasteiger partial charge in [0.15, 0.2) is 0 Å². The van der Waals surface area contributed by atoms with Crippen LogP contribution in [0.4, 0.5) is 0 Å². The Morgan fingerprint density at radius 2 is 2.46 bits per heavy atom. The van der Waals surface area contributed by atoms with E-state index in [4.69, 9.17) is 5.73 Å². The van der Waals surface area contributed by atoms with Gasteiger partial charge in [0.25, 0.3) is 0 Å². The molecule has 0 aromatic rings. The van der Waals surface area contributed by atoms with Crippen molar-refractivity contribution >= 4 is 5.91 Å². The number of carbonyl (C=O) groups excluding carboxylic acids is 1. The third kappa shape index (κ3) is 2.67. The molecule has 0 bridgehead atoms. The van der Waals surface area contributed by atoms with Gasteiger partial charge in [0.1, 0.15) is 0 Å². The molecule has 0 aromatic carbocycles. The van der Waals surface area contributed by atoms with Crippen molar-refractivity contribution in [3.8, 4) is 0 Å². The van der Waals surface area contributed by atoms with E-state index in [1.54, 1.807) is 0 Å². The Bertz CT molecular complexity index is 184. The molecule has 1 aliphatic heterocycles. The normalized spacial score (nSPS) is 25.8. The van der Waals surface area contributed by atoms with E-state index in [9.17, 15) is 4.79 Å². The first-order valence-corrected chi connectivity index (χ1v) is 4.87. The maximum absolute atomic E-state index is 11.7. The van der Waals surface area contributed by atoms with E-state index < -0.39 is 0 Å². The molecule has 0 aromatic heterocycles. The topological polar surface area (TPSA) is 58.4 Å². The molecule has 4 heteroatoms. The molecule has 1 saturated heterocycles. The molecular formula is C9H19N3O. The fraction of sp³-hybridized carbons (Fsp3) is 0.889. The zero-order chi connectivity index (χ0) is 9.84. The van der Waals surface area contributed by atoms with E-state index in [1.807, 2.05) is 11.8 Å². The summed E-state index contributed by atoms with van der Waals surface area (Å²) >= 11 is 0. The molecular weight excluding hydrogens is 166 g/mol. The van der Waals surface area contributed by atoms with Gasteiger partial charge in [-0.3, -0.25) is 4.79 Å². The van der Waals surface area contributed by atoms with Crippen LogP contribution in [0.1, 0.15) is 13.8 Å². The Balaban J connectivity index is 2.46. The third-order valence-corrected chi connectivity index (χ3v) is 2.46. The van der Waals surface area contributed by atoms with Crippen molar-refractivity contribution in [1.82, 2.24) is 10.2 Å². The molecule has 3 N–H and O–H groups in total. The van der Waals surface area contributed by atoms with Gasteiger partial charge in [-0.15, -0.1) is 0 Å². The standard InChI is InChI=1S/C9H19N3O/c1-7(5-10)9(13)12-4-3-11-8(2)6-12/h7-8,11H,3-6,10H2,1-2H3. The Morgan fingerprint density at radius 1 is 1.77 bits per heavy atom. The summed E-state index contributed by atoms with van der Waals surface area (Å²) in [5.41, 5.74) is 5.45. The highest BCUT2D eigenvalue weighted by molar-refractivity contribution is 5.78. The monoisotopic (exact) mass is 185 g/mol. The van der Waals surface area contributed by atoms with Crippen LogP contribution in [0.2, 0.25) is 0 Å². The number of piperazine rings is 1. The summed E-state index contributed by atoms with van der Waals surface area (Å²) in [6, 6.07) is 0.405. The molecule has 13 heavy (non-hydrogen) atoms. The molecule has 1 heterocycles. The van der Waals surface area contributed by atoms with Gasteiger partial charge in [-0.05, 0) is 6.92 Å². The Kier molecular flexibility index (Phi) is 3.69. The van der Waals surface area contributed by atoms with Crippen molar-refractivity contribution in [3.63, 3.8) is 0 Å². The fourth-order valence-electron chi connectivity index (χ4n) is 1.54. The van der Waals surface area contributed by atoms with Gasteiger partial charge in [-0.25, -0.2) is 0 Å². The van der Waals surface area contributed by atoms with Gasteiger partial charge in [-0.1, -0.05) is 6.92 Å². The van der Waals surface area contributed by atoms with Crippen molar-refractivity contribution in [2.45, 2.75) is 19.9 Å². The lowest BCUT2D eigenvalue weighted by atomic mass is 10.1. The van der Waals surface area contributed by atoms with Crippen molar-refractivity contribution in [2.75, 3.05) is 26.2 Å². The van der Waals surface area contributed by atoms with Crippen LogP contribution in [0, 0.1) is 5.92 Å². The van der Waals surface area contributed by atoms with E-state index in [0.29, 0.717) is 12.6 Å². The smallest absolute Gasteiger partial charge is 0.226 e. The number of hydrogen-bond acceptors (Lipinski definition) is 3. The lowest BCUT2D eigenvalue weighted by Gasteiger charge is -2.33. The number of nitrogens with zero attached hydrogens (tertiary/aromatic N) is 1. The minimum Gasteiger partial charge on any atom is -0.340 e. The highest BCUT2D eigenvalue weighted by Gasteiger charge is 2.23. The molecule has 2 unspecified atom stereocenters. The number of nitrogens with one attached hydrogen (secondary N) is 1. The van der Waals surface area contributed by atoms with E-state index in [-0.39, 0.29) is 11.8 Å². The van der Waals surface area contributed by atoms with Crippen molar-refractivity contribution < 1.29 is 4.79 Å². The van der Waals surface area contributed by atoms with E-state index >= 15 is 0 Å². The Morgan fingerprint density at radius 3 is 3.00 bits per heavy atom. The average molecular weight is 185 g/mol. The van der Waals surface area contributed by atoms with E-state index in [0.717, 1.165) is 19.6 Å². The third-order valence-electron chi connectivity index (χ3n) is 2.46. The number of hydrogen-bond donors (Lipinski definition) is 2. The lowest BCUT2D eigenvalue weighted by molar-refractivity contribution is -0.135. The second-order valence-electron chi connectivity index (χ2n) is 3.78. The largest absolute Gasteiger partial charge is 0.340 e. The van der Waals surface area contributed by atoms with Gasteiger partial charge in [0.05, 0.1) is 0 Å². The number of amides is 1. The van der Waals surface area contributed by atoms with Crippen molar-refractivity contribution in [1.29, 1.82) is 0 Å². The summed E-state index contributed by atoms with van der Waals surface area (Å²) < 4.78 is 0. The summed E-state index contributed by atoms with van der Waals surface area (Å²) in [6.07, 6.45) is 0. The van der Waals surface area contributed by atoms with Crippen LogP contribution < -0.4 is 11.1 Å². The molecule has 0 aliphatic carbocycles. The number of carbonyl (C=O) groups is 1. The molecule has 1 rings (SSSR count). The zero-order valence-corrected chi connectivity index (χ0v) is 8.42. The maximum atomic E-state index is 11.7. The molecule has 76 valence electrons. The van der Waals surface area contributed by atoms with Crippen LogP contribution in [0.5, 0.6) is 0 Å². The molecule has 1 fully saturated rings. The van der Waals surface area contributed by atoms with Gasteiger partial charge >= 0.3 is 0 Å². The highest BCUT2D eigenvalue weighted by atomic mass is 16.2. The van der Waals surface area contributed by atoms with Gasteiger partial charge in [-0.2, -0.15) is 0 Å².